The highest BCUT2D eigenvalue weighted by atomic mass is 35.5. The summed E-state index contributed by atoms with van der Waals surface area (Å²) in [5, 5.41) is 2.24. The van der Waals surface area contributed by atoms with Crippen molar-refractivity contribution in [3.05, 3.63) is 44.6 Å². The van der Waals surface area contributed by atoms with Crippen LogP contribution in [-0.4, -0.2) is 20.0 Å². The average Bonchev–Trinajstić information content (AvgIpc) is 2.94. The van der Waals surface area contributed by atoms with Crippen LogP contribution < -0.4 is 9.47 Å². The largest absolute Gasteiger partial charge is 0.495 e. The Hall–Kier alpha value is -1.52. The molecule has 0 aliphatic rings. The third-order valence-electron chi connectivity index (χ3n) is 3.06. The summed E-state index contributed by atoms with van der Waals surface area (Å²) < 4.78 is 10.4. The molecule has 0 saturated heterocycles. The Morgan fingerprint density at radius 3 is 2.60 bits per heavy atom. The second kappa shape index (κ2) is 6.29. The third-order valence-corrected chi connectivity index (χ3v) is 4.38. The summed E-state index contributed by atoms with van der Waals surface area (Å²) in [4.78, 5) is 13.4. The van der Waals surface area contributed by atoms with Crippen LogP contribution in [0.3, 0.4) is 0 Å². The summed E-state index contributed by atoms with van der Waals surface area (Å²) in [5.41, 5.74) is 1.49. The lowest BCUT2D eigenvalue weighted by molar-refractivity contribution is 0.103. The standard InChI is InChI=1S/C15H15ClO3S/c1-4-9-7-8-20-15(9)13(17)10-5-6-11(18-2)12(16)14(10)19-3/h5-8H,4H2,1-3H3. The summed E-state index contributed by atoms with van der Waals surface area (Å²) in [7, 11) is 3.02. The second-order valence-electron chi connectivity index (χ2n) is 4.12. The van der Waals surface area contributed by atoms with E-state index < -0.39 is 0 Å². The smallest absolute Gasteiger partial charge is 0.207 e. The second-order valence-corrected chi connectivity index (χ2v) is 5.41. The van der Waals surface area contributed by atoms with Gasteiger partial charge < -0.3 is 9.47 Å². The molecule has 0 fully saturated rings. The Morgan fingerprint density at radius 2 is 2.00 bits per heavy atom. The molecule has 20 heavy (non-hydrogen) atoms. The van der Waals surface area contributed by atoms with Crippen molar-refractivity contribution < 1.29 is 14.3 Å². The van der Waals surface area contributed by atoms with Gasteiger partial charge in [0.15, 0.2) is 5.75 Å². The fourth-order valence-electron chi connectivity index (χ4n) is 2.01. The van der Waals surface area contributed by atoms with Gasteiger partial charge in [-0.1, -0.05) is 18.5 Å². The number of benzene rings is 1. The number of carbonyl (C=O) groups excluding carboxylic acids is 1. The topological polar surface area (TPSA) is 35.5 Å². The molecule has 0 bridgehead atoms. The molecule has 0 spiro atoms. The minimum absolute atomic E-state index is 0.0711. The average molecular weight is 311 g/mol. The van der Waals surface area contributed by atoms with Crippen LogP contribution in [0.5, 0.6) is 11.5 Å². The van der Waals surface area contributed by atoms with Gasteiger partial charge in [-0.3, -0.25) is 4.79 Å². The first kappa shape index (κ1) is 14.9. The van der Waals surface area contributed by atoms with Crippen molar-refractivity contribution in [3.63, 3.8) is 0 Å². The number of methoxy groups -OCH3 is 2. The lowest BCUT2D eigenvalue weighted by Crippen LogP contribution is -2.05. The highest BCUT2D eigenvalue weighted by Crippen LogP contribution is 2.38. The number of rotatable bonds is 5. The van der Waals surface area contributed by atoms with Crippen LogP contribution in [0.15, 0.2) is 23.6 Å². The van der Waals surface area contributed by atoms with Gasteiger partial charge in [0, 0.05) is 0 Å². The number of halogens is 1. The van der Waals surface area contributed by atoms with Crippen molar-refractivity contribution in [2.24, 2.45) is 0 Å². The Balaban J connectivity index is 2.53. The summed E-state index contributed by atoms with van der Waals surface area (Å²) in [6.45, 7) is 2.02. The van der Waals surface area contributed by atoms with E-state index in [1.807, 2.05) is 18.4 Å². The zero-order chi connectivity index (χ0) is 14.7. The lowest BCUT2D eigenvalue weighted by atomic mass is 10.0. The van der Waals surface area contributed by atoms with Crippen LogP contribution in [0, 0.1) is 0 Å². The van der Waals surface area contributed by atoms with Crippen molar-refractivity contribution >= 4 is 28.7 Å². The van der Waals surface area contributed by atoms with E-state index in [1.165, 1.54) is 25.6 Å². The van der Waals surface area contributed by atoms with Crippen molar-refractivity contribution in [3.8, 4) is 11.5 Å². The number of carbonyl (C=O) groups is 1. The minimum atomic E-state index is -0.0711. The highest BCUT2D eigenvalue weighted by molar-refractivity contribution is 7.12. The van der Waals surface area contributed by atoms with Crippen molar-refractivity contribution in [1.82, 2.24) is 0 Å². The quantitative estimate of drug-likeness (QED) is 0.776. The number of aryl methyl sites for hydroxylation is 1. The van der Waals surface area contributed by atoms with Gasteiger partial charge in [-0.15, -0.1) is 11.3 Å². The van der Waals surface area contributed by atoms with Crippen molar-refractivity contribution in [1.29, 1.82) is 0 Å². The van der Waals surface area contributed by atoms with Gasteiger partial charge in [-0.2, -0.15) is 0 Å². The Kier molecular flexibility index (Phi) is 4.68. The SMILES string of the molecule is CCc1ccsc1C(=O)c1ccc(OC)c(Cl)c1OC. The van der Waals surface area contributed by atoms with E-state index in [4.69, 9.17) is 21.1 Å². The van der Waals surface area contributed by atoms with E-state index in [1.54, 1.807) is 12.1 Å². The predicted octanol–water partition coefficient (Wildman–Crippen LogP) is 4.21. The molecule has 0 atom stereocenters. The number of ketones is 1. The molecular formula is C15H15ClO3S. The maximum Gasteiger partial charge on any atom is 0.207 e. The van der Waals surface area contributed by atoms with Gasteiger partial charge in [0.2, 0.25) is 5.78 Å². The minimum Gasteiger partial charge on any atom is -0.495 e. The number of hydrogen-bond acceptors (Lipinski definition) is 4. The van der Waals surface area contributed by atoms with Gasteiger partial charge in [0.1, 0.15) is 10.8 Å². The molecule has 2 rings (SSSR count). The third kappa shape index (κ3) is 2.53. The van der Waals surface area contributed by atoms with E-state index in [-0.39, 0.29) is 5.78 Å². The zero-order valence-corrected chi connectivity index (χ0v) is 13.1. The van der Waals surface area contributed by atoms with E-state index >= 15 is 0 Å². The van der Waals surface area contributed by atoms with E-state index in [9.17, 15) is 4.79 Å². The summed E-state index contributed by atoms with van der Waals surface area (Å²) >= 11 is 7.63. The molecular weight excluding hydrogens is 296 g/mol. The molecule has 1 heterocycles. The molecule has 1 aromatic heterocycles. The summed E-state index contributed by atoms with van der Waals surface area (Å²) in [6.07, 6.45) is 0.816. The molecule has 0 amide bonds. The van der Waals surface area contributed by atoms with E-state index in [0.717, 1.165) is 16.9 Å². The summed E-state index contributed by atoms with van der Waals surface area (Å²) in [5.74, 6) is 0.770. The predicted molar refractivity (Wildman–Crippen MR) is 81.7 cm³/mol. The Morgan fingerprint density at radius 1 is 1.25 bits per heavy atom. The Bertz CT molecular complexity index is 634. The Labute approximate surface area is 127 Å². The van der Waals surface area contributed by atoms with Crippen molar-refractivity contribution in [2.75, 3.05) is 14.2 Å². The molecule has 3 nitrogen and oxygen atoms in total. The highest BCUT2D eigenvalue weighted by Gasteiger charge is 2.22. The molecule has 2 aromatic rings. The number of ether oxygens (including phenoxy) is 2. The van der Waals surface area contributed by atoms with Gasteiger partial charge in [-0.05, 0) is 35.6 Å². The molecule has 1 aromatic carbocycles. The van der Waals surface area contributed by atoms with Crippen LogP contribution in [0.1, 0.15) is 27.7 Å². The van der Waals surface area contributed by atoms with E-state index in [0.29, 0.717) is 22.1 Å². The van der Waals surface area contributed by atoms with Gasteiger partial charge >= 0.3 is 0 Å². The van der Waals surface area contributed by atoms with Gasteiger partial charge in [0.05, 0.1) is 24.7 Å². The van der Waals surface area contributed by atoms with Crippen LogP contribution >= 0.6 is 22.9 Å². The van der Waals surface area contributed by atoms with Crippen LogP contribution in [0.25, 0.3) is 0 Å². The van der Waals surface area contributed by atoms with Gasteiger partial charge in [0.25, 0.3) is 0 Å². The van der Waals surface area contributed by atoms with E-state index in [2.05, 4.69) is 0 Å². The molecule has 106 valence electrons. The molecule has 5 heteroatoms. The molecule has 0 radical (unpaired) electrons. The molecule has 0 saturated carbocycles. The zero-order valence-electron chi connectivity index (χ0n) is 11.5. The normalized spacial score (nSPS) is 10.4. The molecule has 0 aliphatic carbocycles. The maximum atomic E-state index is 12.6. The van der Waals surface area contributed by atoms with Crippen LogP contribution in [0.2, 0.25) is 5.02 Å². The lowest BCUT2D eigenvalue weighted by Gasteiger charge is -2.12. The maximum absolute atomic E-state index is 12.6. The number of hydrogen-bond donors (Lipinski definition) is 0. The van der Waals surface area contributed by atoms with Crippen molar-refractivity contribution in [2.45, 2.75) is 13.3 Å². The first-order chi connectivity index (χ1) is 9.63. The van der Waals surface area contributed by atoms with Gasteiger partial charge in [-0.25, -0.2) is 0 Å². The molecule has 0 unspecified atom stereocenters. The number of thiophene rings is 1. The van der Waals surface area contributed by atoms with Crippen LogP contribution in [0.4, 0.5) is 0 Å². The molecule has 0 aliphatic heterocycles. The first-order valence-corrected chi connectivity index (χ1v) is 7.41. The molecule has 0 N–H and O–H groups in total. The van der Waals surface area contributed by atoms with Crippen LogP contribution in [-0.2, 0) is 6.42 Å². The fraction of sp³-hybridized carbons (Fsp3) is 0.267. The first-order valence-electron chi connectivity index (χ1n) is 6.15. The fourth-order valence-corrected chi connectivity index (χ4v) is 3.28. The monoisotopic (exact) mass is 310 g/mol. The summed E-state index contributed by atoms with van der Waals surface area (Å²) in [6, 6.07) is 5.33.